The summed E-state index contributed by atoms with van der Waals surface area (Å²) in [5.74, 6) is 1.05. The Morgan fingerprint density at radius 1 is 1.03 bits per heavy atom. The van der Waals surface area contributed by atoms with Gasteiger partial charge in [0.1, 0.15) is 5.75 Å². The normalized spacial score (nSPS) is 11.6. The Bertz CT molecular complexity index is 1430. The average molecular weight is 421 g/mol. The molecule has 7 nitrogen and oxygen atoms in total. The summed E-state index contributed by atoms with van der Waals surface area (Å²) in [6, 6.07) is 14.3. The molecule has 0 saturated carbocycles. The van der Waals surface area contributed by atoms with Crippen molar-refractivity contribution in [3.05, 3.63) is 76.8 Å². The van der Waals surface area contributed by atoms with E-state index in [4.69, 9.17) is 4.74 Å². The summed E-state index contributed by atoms with van der Waals surface area (Å²) in [4.78, 5) is 17.1. The molecular weight excluding hydrogens is 402 g/mol. The topological polar surface area (TPSA) is 91.2 Å². The van der Waals surface area contributed by atoms with E-state index in [0.717, 1.165) is 33.4 Å². The molecule has 4 rings (SSSR count). The number of fused-ring (bicyclic) bond motifs is 1. The Hall–Kier alpha value is -3.52. The molecule has 0 fully saturated rings. The van der Waals surface area contributed by atoms with Gasteiger partial charge in [-0.2, -0.15) is 9.78 Å². The fourth-order valence-electron chi connectivity index (χ4n) is 3.35. The van der Waals surface area contributed by atoms with E-state index in [9.17, 15) is 13.2 Å². The average Bonchev–Trinajstić information content (AvgIpc) is 2.73. The first-order valence-electron chi connectivity index (χ1n) is 9.12. The number of nitrogens with zero attached hydrogens (tertiary/aromatic N) is 3. The summed E-state index contributed by atoms with van der Waals surface area (Å²) in [6.07, 6.45) is 3.92. The second-order valence-electron chi connectivity index (χ2n) is 6.92. The highest BCUT2D eigenvalue weighted by Gasteiger charge is 2.12. The highest BCUT2D eigenvalue weighted by molar-refractivity contribution is 7.90. The predicted octanol–water partition coefficient (Wildman–Crippen LogP) is 3.17. The van der Waals surface area contributed by atoms with Gasteiger partial charge in [-0.3, -0.25) is 4.79 Å². The third kappa shape index (κ3) is 3.46. The quantitative estimate of drug-likeness (QED) is 0.503. The van der Waals surface area contributed by atoms with E-state index in [1.54, 1.807) is 19.4 Å². The Labute approximate surface area is 173 Å². The molecule has 0 radical (unpaired) electrons. The predicted molar refractivity (Wildman–Crippen MR) is 115 cm³/mol. The van der Waals surface area contributed by atoms with Crippen LogP contribution < -0.4 is 10.3 Å². The summed E-state index contributed by atoms with van der Waals surface area (Å²) in [6.45, 7) is 1.99. The van der Waals surface area contributed by atoms with E-state index in [0.29, 0.717) is 10.8 Å². The maximum absolute atomic E-state index is 12.9. The lowest BCUT2D eigenvalue weighted by atomic mass is 9.98. The molecule has 0 saturated heterocycles. The molecule has 30 heavy (non-hydrogen) atoms. The molecule has 2 heterocycles. The number of sulfone groups is 1. The zero-order valence-electron chi connectivity index (χ0n) is 16.7. The van der Waals surface area contributed by atoms with Crippen molar-refractivity contribution in [2.24, 2.45) is 0 Å². The van der Waals surface area contributed by atoms with Crippen molar-refractivity contribution < 1.29 is 13.2 Å². The summed E-state index contributed by atoms with van der Waals surface area (Å²) in [7, 11) is -1.73. The van der Waals surface area contributed by atoms with Gasteiger partial charge in [0, 0.05) is 17.8 Å². The van der Waals surface area contributed by atoms with E-state index >= 15 is 0 Å². The number of benzene rings is 2. The van der Waals surface area contributed by atoms with Gasteiger partial charge in [-0.1, -0.05) is 18.2 Å². The van der Waals surface area contributed by atoms with Crippen LogP contribution in [0, 0.1) is 6.92 Å². The van der Waals surface area contributed by atoms with Crippen LogP contribution in [0.1, 0.15) is 5.56 Å². The summed E-state index contributed by atoms with van der Waals surface area (Å²) >= 11 is 0. The fourth-order valence-corrected chi connectivity index (χ4v) is 3.91. The minimum absolute atomic E-state index is 0.0818. The summed E-state index contributed by atoms with van der Waals surface area (Å²) in [5, 5.41) is 5.41. The lowest BCUT2D eigenvalue weighted by molar-refractivity contribution is 0.412. The first-order valence-corrected chi connectivity index (χ1v) is 11.0. The smallest absolute Gasteiger partial charge is 0.280 e. The van der Waals surface area contributed by atoms with Crippen molar-refractivity contribution in [2.75, 3.05) is 13.4 Å². The van der Waals surface area contributed by atoms with Gasteiger partial charge in [-0.15, -0.1) is 0 Å². The van der Waals surface area contributed by atoms with Gasteiger partial charge in [-0.05, 0) is 53.9 Å². The first-order chi connectivity index (χ1) is 14.3. The van der Waals surface area contributed by atoms with Gasteiger partial charge in [0.25, 0.3) is 5.56 Å². The minimum atomic E-state index is -3.37. The van der Waals surface area contributed by atoms with Crippen LogP contribution in [0.15, 0.2) is 70.6 Å². The van der Waals surface area contributed by atoms with Crippen LogP contribution in [-0.4, -0.2) is 36.5 Å². The molecule has 0 atom stereocenters. The van der Waals surface area contributed by atoms with Gasteiger partial charge in [0.2, 0.25) is 0 Å². The molecule has 0 N–H and O–H groups in total. The lowest BCUT2D eigenvalue weighted by Crippen LogP contribution is -2.22. The monoisotopic (exact) mass is 421 g/mol. The van der Waals surface area contributed by atoms with Crippen LogP contribution in [0.25, 0.3) is 27.7 Å². The van der Waals surface area contributed by atoms with Crippen LogP contribution >= 0.6 is 0 Å². The molecule has 4 aromatic rings. The molecule has 0 aliphatic rings. The summed E-state index contributed by atoms with van der Waals surface area (Å²) in [5.41, 5.74) is 2.64. The third-order valence-corrected chi connectivity index (χ3v) is 6.07. The van der Waals surface area contributed by atoms with Gasteiger partial charge in [0.05, 0.1) is 23.6 Å². The standard InChI is InChI=1S/C22H19N3O4S/c1-14-18(5-4-6-20(14)29-2)15-7-9-19-16(11-15)12-24-25(22(19)26)21-10-8-17(13-23-21)30(3,27)28/h4-13H,1-3H3. The first kappa shape index (κ1) is 19.8. The minimum Gasteiger partial charge on any atom is -0.496 e. The third-order valence-electron chi connectivity index (χ3n) is 4.97. The van der Waals surface area contributed by atoms with Gasteiger partial charge in [0.15, 0.2) is 15.7 Å². The number of ether oxygens (including phenoxy) is 1. The number of hydrogen-bond acceptors (Lipinski definition) is 6. The molecular formula is C22H19N3O4S. The zero-order valence-corrected chi connectivity index (χ0v) is 17.5. The van der Waals surface area contributed by atoms with Crippen molar-refractivity contribution in [3.8, 4) is 22.7 Å². The van der Waals surface area contributed by atoms with E-state index in [1.165, 1.54) is 18.3 Å². The van der Waals surface area contributed by atoms with Crippen molar-refractivity contribution in [1.29, 1.82) is 0 Å². The second-order valence-corrected chi connectivity index (χ2v) is 8.94. The number of hydrogen-bond donors (Lipinski definition) is 0. The van der Waals surface area contributed by atoms with Gasteiger partial charge < -0.3 is 4.74 Å². The fraction of sp³-hybridized carbons (Fsp3) is 0.136. The SMILES string of the molecule is COc1cccc(-c2ccc3c(=O)n(-c4ccc(S(C)(=O)=O)cn4)ncc3c2)c1C. The van der Waals surface area contributed by atoms with Crippen LogP contribution in [-0.2, 0) is 9.84 Å². The maximum atomic E-state index is 12.9. The zero-order chi connectivity index (χ0) is 21.5. The van der Waals surface area contributed by atoms with E-state index < -0.39 is 9.84 Å². The molecule has 152 valence electrons. The molecule has 0 amide bonds. The van der Waals surface area contributed by atoms with Crippen molar-refractivity contribution in [1.82, 2.24) is 14.8 Å². The van der Waals surface area contributed by atoms with E-state index in [-0.39, 0.29) is 16.3 Å². The number of methoxy groups -OCH3 is 1. The Morgan fingerprint density at radius 2 is 1.83 bits per heavy atom. The molecule has 8 heteroatoms. The van der Waals surface area contributed by atoms with Crippen LogP contribution in [0.5, 0.6) is 5.75 Å². The number of pyridine rings is 1. The Balaban J connectivity index is 1.80. The molecule has 0 aliphatic carbocycles. The highest BCUT2D eigenvalue weighted by atomic mass is 32.2. The van der Waals surface area contributed by atoms with E-state index in [1.807, 2.05) is 37.3 Å². The molecule has 2 aromatic carbocycles. The Morgan fingerprint density at radius 3 is 2.50 bits per heavy atom. The van der Waals surface area contributed by atoms with Gasteiger partial charge in [-0.25, -0.2) is 13.4 Å². The molecule has 0 unspecified atom stereocenters. The Kier molecular flexibility index (Phi) is 4.87. The van der Waals surface area contributed by atoms with Crippen LogP contribution in [0.2, 0.25) is 0 Å². The maximum Gasteiger partial charge on any atom is 0.280 e. The van der Waals surface area contributed by atoms with Crippen molar-refractivity contribution >= 4 is 20.6 Å². The molecule has 2 aromatic heterocycles. The largest absolute Gasteiger partial charge is 0.496 e. The molecule has 0 spiro atoms. The lowest BCUT2D eigenvalue weighted by Gasteiger charge is -2.11. The highest BCUT2D eigenvalue weighted by Crippen LogP contribution is 2.31. The molecule has 0 aliphatic heterocycles. The van der Waals surface area contributed by atoms with Crippen LogP contribution in [0.3, 0.4) is 0 Å². The number of aromatic nitrogens is 3. The van der Waals surface area contributed by atoms with Gasteiger partial charge >= 0.3 is 0 Å². The van der Waals surface area contributed by atoms with Crippen molar-refractivity contribution in [2.45, 2.75) is 11.8 Å². The molecule has 0 bridgehead atoms. The summed E-state index contributed by atoms with van der Waals surface area (Å²) < 4.78 is 29.8. The number of rotatable bonds is 4. The second kappa shape index (κ2) is 7.38. The van der Waals surface area contributed by atoms with Crippen molar-refractivity contribution in [3.63, 3.8) is 0 Å². The van der Waals surface area contributed by atoms with Crippen LogP contribution in [0.4, 0.5) is 0 Å². The van der Waals surface area contributed by atoms with E-state index in [2.05, 4.69) is 10.1 Å².